The van der Waals surface area contributed by atoms with Crippen LogP contribution < -0.4 is 4.57 Å². The van der Waals surface area contributed by atoms with Gasteiger partial charge in [0.15, 0.2) is 6.20 Å². The van der Waals surface area contributed by atoms with Gasteiger partial charge in [-0.25, -0.2) is 4.57 Å². The van der Waals surface area contributed by atoms with Crippen LogP contribution >= 0.6 is 11.8 Å². The minimum Gasteiger partial charge on any atom is -0.200 e. The van der Waals surface area contributed by atoms with E-state index in [0.29, 0.717) is 0 Å². The molecule has 2 heteroatoms. The number of aryl methyl sites for hydroxylation is 2. The molecule has 5 aromatic carbocycles. The molecule has 0 N–H and O–H groups in total. The summed E-state index contributed by atoms with van der Waals surface area (Å²) in [6.45, 7) is 16.5. The maximum Gasteiger partial charge on any atom is 0.222 e. The predicted octanol–water partition coefficient (Wildman–Crippen LogP) is 10.7. The van der Waals surface area contributed by atoms with Crippen LogP contribution in [0.3, 0.4) is 0 Å². The summed E-state index contributed by atoms with van der Waals surface area (Å²) < 4.78 is 2.37. The van der Waals surface area contributed by atoms with E-state index in [1.165, 1.54) is 80.8 Å². The van der Waals surface area contributed by atoms with Crippen molar-refractivity contribution in [2.24, 2.45) is 17.9 Å². The van der Waals surface area contributed by atoms with Gasteiger partial charge in [-0.2, -0.15) is 0 Å². The molecule has 41 heavy (non-hydrogen) atoms. The third kappa shape index (κ3) is 4.34. The molecule has 1 nitrogen and oxygen atoms in total. The van der Waals surface area contributed by atoms with Crippen molar-refractivity contribution in [3.05, 3.63) is 89.6 Å². The quantitative estimate of drug-likeness (QED) is 0.117. The molecule has 0 atom stereocenters. The fourth-order valence-corrected chi connectivity index (χ4v) is 8.54. The van der Waals surface area contributed by atoms with Crippen molar-refractivity contribution in [1.29, 1.82) is 0 Å². The maximum absolute atomic E-state index is 2.44. The lowest BCUT2D eigenvalue weighted by molar-refractivity contribution is -0.659. The molecule has 0 bridgehead atoms. The van der Waals surface area contributed by atoms with Crippen molar-refractivity contribution in [1.82, 2.24) is 0 Å². The van der Waals surface area contributed by atoms with Crippen LogP contribution in [0, 0.1) is 17.8 Å². The molecule has 0 saturated carbocycles. The van der Waals surface area contributed by atoms with Crippen LogP contribution in [0.5, 0.6) is 0 Å². The second kappa shape index (κ2) is 9.07. The van der Waals surface area contributed by atoms with Crippen LogP contribution in [0.4, 0.5) is 0 Å². The minimum absolute atomic E-state index is 0.155. The highest BCUT2D eigenvalue weighted by Crippen LogP contribution is 2.55. The summed E-state index contributed by atoms with van der Waals surface area (Å²) in [7, 11) is 2.22. The molecule has 0 saturated heterocycles. The van der Waals surface area contributed by atoms with Gasteiger partial charge in [0, 0.05) is 15.9 Å². The molecular formula is C39H40NS+. The number of fused-ring (bicyclic) bond motifs is 7. The highest BCUT2D eigenvalue weighted by molar-refractivity contribution is 8.00. The van der Waals surface area contributed by atoms with Crippen molar-refractivity contribution in [3.8, 4) is 11.3 Å². The highest BCUT2D eigenvalue weighted by Gasteiger charge is 2.34. The van der Waals surface area contributed by atoms with E-state index in [0.717, 1.165) is 12.8 Å². The summed E-state index contributed by atoms with van der Waals surface area (Å²) in [6.07, 6.45) is 4.37. The Bertz CT molecular complexity index is 2050. The van der Waals surface area contributed by atoms with Gasteiger partial charge in [0.05, 0.1) is 10.9 Å². The van der Waals surface area contributed by atoms with Crippen LogP contribution in [0.25, 0.3) is 54.3 Å². The molecule has 0 spiro atoms. The van der Waals surface area contributed by atoms with Crippen LogP contribution in [0.2, 0.25) is 0 Å². The lowest BCUT2D eigenvalue weighted by Gasteiger charge is -2.29. The first kappa shape index (κ1) is 26.5. The van der Waals surface area contributed by atoms with Gasteiger partial charge in [0.2, 0.25) is 5.69 Å². The molecule has 0 radical (unpaired) electrons. The fraction of sp³-hybridized carbons (Fsp3) is 0.308. The average molecular weight is 555 g/mol. The molecular weight excluding hydrogens is 515 g/mol. The van der Waals surface area contributed by atoms with E-state index < -0.39 is 0 Å². The van der Waals surface area contributed by atoms with E-state index in [-0.39, 0.29) is 10.8 Å². The number of benzene rings is 5. The smallest absolute Gasteiger partial charge is 0.200 e. The third-order valence-electron chi connectivity index (χ3n) is 8.65. The Balaban J connectivity index is 1.62. The van der Waals surface area contributed by atoms with Crippen molar-refractivity contribution >= 4 is 54.9 Å². The van der Waals surface area contributed by atoms with E-state index in [4.69, 9.17) is 0 Å². The maximum atomic E-state index is 2.44. The molecule has 0 unspecified atom stereocenters. The summed E-state index contributed by atoms with van der Waals surface area (Å²) in [5.74, 6) is 0. The van der Waals surface area contributed by atoms with Gasteiger partial charge in [-0.05, 0) is 91.1 Å². The first-order valence-electron chi connectivity index (χ1n) is 14.9. The van der Waals surface area contributed by atoms with Crippen LogP contribution in [-0.4, -0.2) is 0 Å². The van der Waals surface area contributed by atoms with Crippen molar-refractivity contribution in [2.45, 2.75) is 71.1 Å². The largest absolute Gasteiger partial charge is 0.222 e. The molecule has 0 aliphatic carbocycles. The monoisotopic (exact) mass is 554 g/mol. The number of hydrogen-bond acceptors (Lipinski definition) is 1. The van der Waals surface area contributed by atoms with Crippen molar-refractivity contribution in [2.75, 3.05) is 0 Å². The van der Waals surface area contributed by atoms with Crippen molar-refractivity contribution < 1.29 is 4.57 Å². The molecule has 1 aromatic heterocycles. The standard InChI is InChI=1S/C39H40NS/c1-23-28-16-14-25-11-9-10-12-29(25)34(28)31(22-39(5,6)7)37-32(23)35-33-26(17-18-40(35)8)20-27-19-24(21-38(2,3)4)13-15-30(27)36(33)41-37/h9-20H,21-22H2,1-8H3/q+1. The van der Waals surface area contributed by atoms with E-state index in [1.54, 1.807) is 0 Å². The Morgan fingerprint density at radius 3 is 2.15 bits per heavy atom. The Kier molecular flexibility index (Phi) is 5.87. The Hall–Kier alpha value is -3.36. The molecule has 2 heterocycles. The highest BCUT2D eigenvalue weighted by atomic mass is 32.2. The molecule has 7 rings (SSSR count). The van der Waals surface area contributed by atoms with E-state index in [9.17, 15) is 0 Å². The zero-order chi connectivity index (χ0) is 28.8. The number of pyridine rings is 1. The van der Waals surface area contributed by atoms with E-state index in [2.05, 4.69) is 133 Å². The second-order valence-corrected chi connectivity index (χ2v) is 15.6. The zero-order valence-corrected chi connectivity index (χ0v) is 26.5. The lowest BCUT2D eigenvalue weighted by atomic mass is 9.81. The topological polar surface area (TPSA) is 3.88 Å². The van der Waals surface area contributed by atoms with E-state index in [1.807, 2.05) is 11.8 Å². The number of hydrogen-bond donors (Lipinski definition) is 0. The normalized spacial score (nSPS) is 13.5. The summed E-state index contributed by atoms with van der Waals surface area (Å²) in [4.78, 5) is 2.86. The second-order valence-electron chi connectivity index (χ2n) is 14.6. The summed E-state index contributed by atoms with van der Waals surface area (Å²) >= 11 is 2.02. The molecule has 1 aliphatic rings. The summed E-state index contributed by atoms with van der Waals surface area (Å²) in [5, 5.41) is 11.0. The number of nitrogens with zero attached hydrogens (tertiary/aromatic N) is 1. The fourth-order valence-electron chi connectivity index (χ4n) is 7.07. The Morgan fingerprint density at radius 1 is 0.659 bits per heavy atom. The van der Waals surface area contributed by atoms with Gasteiger partial charge in [-0.15, -0.1) is 0 Å². The van der Waals surface area contributed by atoms with Gasteiger partial charge in [-0.1, -0.05) is 108 Å². The van der Waals surface area contributed by atoms with Gasteiger partial charge in [0.25, 0.3) is 0 Å². The first-order chi connectivity index (χ1) is 19.4. The molecule has 6 aromatic rings. The van der Waals surface area contributed by atoms with Crippen molar-refractivity contribution in [3.63, 3.8) is 0 Å². The van der Waals surface area contributed by atoms with Crippen LogP contribution in [-0.2, 0) is 19.9 Å². The number of aromatic nitrogens is 1. The third-order valence-corrected chi connectivity index (χ3v) is 9.93. The number of rotatable bonds is 2. The van der Waals surface area contributed by atoms with Crippen LogP contribution in [0.1, 0.15) is 58.2 Å². The molecule has 206 valence electrons. The lowest BCUT2D eigenvalue weighted by Crippen LogP contribution is -2.32. The van der Waals surface area contributed by atoms with Gasteiger partial charge < -0.3 is 0 Å². The predicted molar refractivity (Wildman–Crippen MR) is 178 cm³/mol. The Labute approximate surface area is 248 Å². The summed E-state index contributed by atoms with van der Waals surface area (Å²) in [5.41, 5.74) is 7.50. The summed E-state index contributed by atoms with van der Waals surface area (Å²) in [6, 6.07) is 25.6. The SMILES string of the molecule is Cc1c2c(c(CC(C)(C)C)c3c1ccc1ccccc13)Sc1c3ccc(CC(C)(C)C)cc3cc3cc[n+](C)c-2c13. The van der Waals surface area contributed by atoms with Gasteiger partial charge >= 0.3 is 0 Å². The molecule has 1 aliphatic heterocycles. The minimum atomic E-state index is 0.155. The average Bonchev–Trinajstić information content (AvgIpc) is 2.90. The Morgan fingerprint density at radius 2 is 1.39 bits per heavy atom. The molecule has 0 amide bonds. The zero-order valence-electron chi connectivity index (χ0n) is 25.7. The van der Waals surface area contributed by atoms with Gasteiger partial charge in [-0.3, -0.25) is 0 Å². The van der Waals surface area contributed by atoms with Gasteiger partial charge in [0.1, 0.15) is 7.05 Å². The first-order valence-corrected chi connectivity index (χ1v) is 15.7. The molecule has 0 fully saturated rings. The van der Waals surface area contributed by atoms with Crippen LogP contribution in [0.15, 0.2) is 82.7 Å². The van der Waals surface area contributed by atoms with E-state index >= 15 is 0 Å².